The fraction of sp³-hybridized carbons (Fsp3) is 0.560. The number of aliphatic hydroxyl groups excluding tert-OH is 3. The van der Waals surface area contributed by atoms with Gasteiger partial charge in [-0.2, -0.15) is 9.29 Å². The molecule has 0 saturated carbocycles. The van der Waals surface area contributed by atoms with Crippen LogP contribution < -0.4 is 11.4 Å². The standard InChI is InChI=1S/C50H77N3O16P2/c1-3-5-7-9-11-12-13-14-15-16-17-18-22-26-30-34-45(55)64-38-42(67-46(56)35-31-27-23-20-19-21-25-29-33-41(54)32-28-24-10-8-6-4-2)39-65-70(60,61)69-71(62,63)66-40-43-47(57)48(58)49(68-43)53-37-36-44(51)52-50(53)59/h5-8,11-12,14-15,20-21,23-25,28-29,33,36-37,41-43,47-49,54,57-58H,3-4,9-10,13,16-19,22,26-27,30-32,34-35,38-40H2,1-2H3,(H,60,61)(H,62,63)(H2,51,52,59)/b7-5-,8-6-,12-11-,15-14-,23-20-,25-21-,28-24-,33-29+/t41?,42-,43-,47-,48-,49-/m1/s1. The van der Waals surface area contributed by atoms with Gasteiger partial charge < -0.3 is 45.1 Å². The van der Waals surface area contributed by atoms with Crippen molar-refractivity contribution in [3.8, 4) is 0 Å². The first kappa shape index (κ1) is 62.8. The molecule has 19 nitrogen and oxygen atoms in total. The molecule has 71 heavy (non-hydrogen) atoms. The highest BCUT2D eigenvalue weighted by atomic mass is 31.3. The van der Waals surface area contributed by atoms with E-state index in [4.69, 9.17) is 29.0 Å². The zero-order valence-electron chi connectivity index (χ0n) is 41.1. The van der Waals surface area contributed by atoms with E-state index in [9.17, 15) is 48.6 Å². The molecule has 1 saturated heterocycles. The van der Waals surface area contributed by atoms with Crippen molar-refractivity contribution in [2.75, 3.05) is 25.6 Å². The predicted octanol–water partition coefficient (Wildman–Crippen LogP) is 8.63. The number of nitrogen functional groups attached to an aromatic ring is 1. The van der Waals surface area contributed by atoms with Gasteiger partial charge in [0.2, 0.25) is 0 Å². The highest BCUT2D eigenvalue weighted by Gasteiger charge is 2.46. The van der Waals surface area contributed by atoms with Crippen LogP contribution in [0.5, 0.6) is 0 Å². The molecule has 1 fully saturated rings. The van der Waals surface area contributed by atoms with E-state index in [1.807, 2.05) is 36.5 Å². The first-order chi connectivity index (χ1) is 34.1. The topological polar surface area (TPSA) is 286 Å². The van der Waals surface area contributed by atoms with Crippen LogP contribution >= 0.6 is 15.6 Å². The van der Waals surface area contributed by atoms with E-state index in [0.717, 1.165) is 75.0 Å². The van der Waals surface area contributed by atoms with Crippen LogP contribution in [-0.4, -0.2) is 96.9 Å². The number of nitrogens with two attached hydrogens (primary N) is 1. The molecule has 3 unspecified atom stereocenters. The Kier molecular flexibility index (Phi) is 33.1. The van der Waals surface area contributed by atoms with E-state index < -0.39 is 89.8 Å². The molecule has 0 radical (unpaired) electrons. The van der Waals surface area contributed by atoms with Crippen molar-refractivity contribution in [2.24, 2.45) is 0 Å². The normalized spacial score (nSPS) is 20.4. The Balaban J connectivity index is 1.87. The lowest BCUT2D eigenvalue weighted by atomic mass is 10.1. The van der Waals surface area contributed by atoms with Gasteiger partial charge in [-0.15, -0.1) is 0 Å². The lowest BCUT2D eigenvalue weighted by Crippen LogP contribution is -2.36. The fourth-order valence-electron chi connectivity index (χ4n) is 6.50. The third-order valence-corrected chi connectivity index (χ3v) is 12.8. The molecule has 1 aliphatic rings. The zero-order valence-corrected chi connectivity index (χ0v) is 42.9. The number of carbonyl (C=O) groups is 2. The summed E-state index contributed by atoms with van der Waals surface area (Å²) in [5.74, 6) is -1.44. The van der Waals surface area contributed by atoms with Gasteiger partial charge in [0, 0.05) is 19.0 Å². The number of phosphoric acid groups is 2. The largest absolute Gasteiger partial charge is 0.481 e. The SMILES string of the molecule is CC/C=C\C/C=C\C/C=C\CCCCCCCC(=O)OC[C@H](COP(=O)(O)OP(=O)(O)OC[C@H]1O[C@@H](n2ccc(N)nc2=O)[C@H](O)[C@@H]1O)OC(=O)CCC/C=C\C/C=C\C=C\C(O)C/C=C\C/C=C\CC. The maximum atomic E-state index is 12.8. The molecule has 1 aliphatic heterocycles. The predicted molar refractivity (Wildman–Crippen MR) is 271 cm³/mol. The number of ether oxygens (including phenoxy) is 3. The van der Waals surface area contributed by atoms with E-state index in [-0.39, 0.29) is 18.7 Å². The Morgan fingerprint density at radius 2 is 1.32 bits per heavy atom. The van der Waals surface area contributed by atoms with Crippen molar-refractivity contribution in [3.05, 3.63) is 120 Å². The summed E-state index contributed by atoms with van der Waals surface area (Å²) in [6.07, 6.45) is 36.7. The molecule has 21 heteroatoms. The van der Waals surface area contributed by atoms with Gasteiger partial charge >= 0.3 is 33.3 Å². The van der Waals surface area contributed by atoms with Gasteiger partial charge in [-0.25, -0.2) is 13.9 Å². The minimum Gasteiger partial charge on any atom is -0.462 e. The van der Waals surface area contributed by atoms with Crippen LogP contribution in [-0.2, 0) is 46.3 Å². The molecule has 8 atom stereocenters. The van der Waals surface area contributed by atoms with Crippen molar-refractivity contribution in [1.29, 1.82) is 0 Å². The first-order valence-corrected chi connectivity index (χ1v) is 27.3. The number of anilines is 1. The fourth-order valence-corrected chi connectivity index (χ4v) is 8.61. The van der Waals surface area contributed by atoms with Gasteiger partial charge in [0.1, 0.15) is 30.7 Å². The van der Waals surface area contributed by atoms with Crippen LogP contribution in [0.4, 0.5) is 5.82 Å². The van der Waals surface area contributed by atoms with Gasteiger partial charge in [0.05, 0.1) is 19.3 Å². The molecule has 1 aromatic rings. The van der Waals surface area contributed by atoms with E-state index in [0.29, 0.717) is 32.1 Å². The quantitative estimate of drug-likeness (QED) is 0.0119. The number of hydrogen-bond acceptors (Lipinski definition) is 16. The van der Waals surface area contributed by atoms with Gasteiger partial charge in [-0.3, -0.25) is 23.2 Å². The number of aliphatic hydroxyl groups is 3. The maximum Gasteiger partial charge on any atom is 0.481 e. The molecule has 0 amide bonds. The van der Waals surface area contributed by atoms with E-state index >= 15 is 0 Å². The monoisotopic (exact) mass is 1040 g/mol. The highest BCUT2D eigenvalue weighted by molar-refractivity contribution is 7.61. The second-order valence-corrected chi connectivity index (χ2v) is 19.4. The first-order valence-electron chi connectivity index (χ1n) is 24.4. The van der Waals surface area contributed by atoms with Crippen LogP contribution in [0.2, 0.25) is 0 Å². The summed E-state index contributed by atoms with van der Waals surface area (Å²) in [7, 11) is -10.9. The Morgan fingerprint density at radius 3 is 2.00 bits per heavy atom. The number of nitrogens with zero attached hydrogens (tertiary/aromatic N) is 2. The molecule has 7 N–H and O–H groups in total. The Bertz CT molecular complexity index is 2080. The summed E-state index contributed by atoms with van der Waals surface area (Å²) in [6.45, 7) is 1.75. The highest BCUT2D eigenvalue weighted by Crippen LogP contribution is 2.60. The van der Waals surface area contributed by atoms with Crippen molar-refractivity contribution < 1.29 is 71.4 Å². The molecule has 0 bridgehead atoms. The molecule has 2 rings (SSSR count). The molecule has 0 aliphatic carbocycles. The number of allylic oxidation sites excluding steroid dienone is 14. The van der Waals surface area contributed by atoms with E-state index in [2.05, 4.69) is 71.8 Å². The van der Waals surface area contributed by atoms with Crippen LogP contribution in [0.3, 0.4) is 0 Å². The maximum absolute atomic E-state index is 12.8. The number of esters is 2. The Morgan fingerprint density at radius 1 is 0.746 bits per heavy atom. The molecule has 0 aromatic carbocycles. The van der Waals surface area contributed by atoms with Crippen LogP contribution in [0.15, 0.2) is 114 Å². The average molecular weight is 1040 g/mol. The minimum atomic E-state index is -5.46. The second-order valence-electron chi connectivity index (χ2n) is 16.4. The Hall–Kier alpha value is -4.36. The van der Waals surface area contributed by atoms with Crippen molar-refractivity contribution >= 4 is 33.4 Å². The van der Waals surface area contributed by atoms with Crippen molar-refractivity contribution in [2.45, 2.75) is 160 Å². The summed E-state index contributed by atoms with van der Waals surface area (Å²) in [4.78, 5) is 61.8. The molecular formula is C50H77N3O16P2. The molecule has 0 spiro atoms. The third kappa shape index (κ3) is 30.3. The summed E-state index contributed by atoms with van der Waals surface area (Å²) >= 11 is 0. The van der Waals surface area contributed by atoms with Crippen LogP contribution in [0.25, 0.3) is 0 Å². The number of unbranched alkanes of at least 4 members (excludes halogenated alkanes) is 6. The lowest BCUT2D eigenvalue weighted by molar-refractivity contribution is -0.161. The van der Waals surface area contributed by atoms with E-state index in [1.54, 1.807) is 12.2 Å². The minimum absolute atomic E-state index is 0.0700. The molecule has 398 valence electrons. The van der Waals surface area contributed by atoms with Crippen molar-refractivity contribution in [3.63, 3.8) is 0 Å². The van der Waals surface area contributed by atoms with Crippen LogP contribution in [0.1, 0.15) is 129 Å². The summed E-state index contributed by atoms with van der Waals surface area (Å²) in [5.41, 5.74) is 4.57. The number of aromatic nitrogens is 2. The number of carbonyl (C=O) groups excluding carboxylic acids is 2. The second kappa shape index (κ2) is 37.4. The van der Waals surface area contributed by atoms with Gasteiger partial charge in [-0.1, -0.05) is 130 Å². The third-order valence-electron chi connectivity index (χ3n) is 10.2. The van der Waals surface area contributed by atoms with E-state index in [1.165, 1.54) is 6.07 Å². The Labute approximate surface area is 418 Å². The van der Waals surface area contributed by atoms with Gasteiger partial charge in [-0.05, 0) is 83.1 Å². The van der Waals surface area contributed by atoms with Crippen LogP contribution in [0, 0.1) is 0 Å². The molecular weight excluding hydrogens is 961 g/mol. The number of hydrogen-bond donors (Lipinski definition) is 6. The number of phosphoric ester groups is 2. The average Bonchev–Trinajstić information content (AvgIpc) is 3.60. The summed E-state index contributed by atoms with van der Waals surface area (Å²) in [6, 6.07) is 1.24. The summed E-state index contributed by atoms with van der Waals surface area (Å²) in [5, 5.41) is 31.0. The van der Waals surface area contributed by atoms with Gasteiger partial charge in [0.25, 0.3) is 0 Å². The molecule has 2 heterocycles. The number of rotatable bonds is 38. The van der Waals surface area contributed by atoms with Gasteiger partial charge in [0.15, 0.2) is 12.3 Å². The van der Waals surface area contributed by atoms with Crippen molar-refractivity contribution in [1.82, 2.24) is 9.55 Å². The zero-order chi connectivity index (χ0) is 52.2. The summed E-state index contributed by atoms with van der Waals surface area (Å²) < 4.78 is 56.6. The smallest absolute Gasteiger partial charge is 0.462 e. The molecule has 1 aromatic heterocycles. The lowest BCUT2D eigenvalue weighted by Gasteiger charge is -2.21.